The number of esters is 1. The lowest BCUT2D eigenvalue weighted by molar-refractivity contribution is -0.131. The largest absolute Gasteiger partial charge is 0.478 e. The number of benzene rings is 3. The first-order valence-corrected chi connectivity index (χ1v) is 12.1. The van der Waals surface area contributed by atoms with Crippen molar-refractivity contribution >= 4 is 40.5 Å². The molecule has 5 heteroatoms. The normalized spacial score (nSPS) is 11.8. The van der Waals surface area contributed by atoms with Crippen LogP contribution in [0.4, 0.5) is 0 Å². The molecule has 1 heterocycles. The maximum atomic E-state index is 12.3. The lowest BCUT2D eigenvalue weighted by Gasteiger charge is -2.17. The first kappa shape index (κ1) is 23.9. The van der Waals surface area contributed by atoms with E-state index in [1.54, 1.807) is 12.1 Å². The van der Waals surface area contributed by atoms with Gasteiger partial charge in [-0.3, -0.25) is 0 Å². The van der Waals surface area contributed by atoms with Crippen LogP contribution in [0.3, 0.4) is 0 Å². The summed E-state index contributed by atoms with van der Waals surface area (Å²) < 4.78 is 5.53. The molecule has 174 valence electrons. The van der Waals surface area contributed by atoms with Crippen molar-refractivity contribution in [3.63, 3.8) is 0 Å². The molecule has 4 aromatic rings. The van der Waals surface area contributed by atoms with Crippen LogP contribution in [0, 0.1) is 0 Å². The second-order valence-corrected chi connectivity index (χ2v) is 8.71. The molecule has 1 aromatic heterocycles. The highest BCUT2D eigenvalue weighted by atomic mass is 32.1. The van der Waals surface area contributed by atoms with Crippen LogP contribution in [-0.4, -0.2) is 17.0 Å². The molecule has 0 atom stereocenters. The van der Waals surface area contributed by atoms with Crippen molar-refractivity contribution in [2.75, 3.05) is 0 Å². The first-order chi connectivity index (χ1) is 17.0. The maximum Gasteiger partial charge on any atom is 0.353 e. The van der Waals surface area contributed by atoms with Crippen LogP contribution in [0.1, 0.15) is 45.3 Å². The molecule has 0 unspecified atom stereocenters. The summed E-state index contributed by atoms with van der Waals surface area (Å²) in [5, 5.41) is 10.7. The van der Waals surface area contributed by atoms with Crippen molar-refractivity contribution < 1.29 is 19.4 Å². The van der Waals surface area contributed by atoms with Gasteiger partial charge in [-0.15, -0.1) is 11.3 Å². The van der Waals surface area contributed by atoms with Crippen molar-refractivity contribution in [1.29, 1.82) is 0 Å². The van der Waals surface area contributed by atoms with Gasteiger partial charge in [0.25, 0.3) is 0 Å². The molecule has 0 spiro atoms. The fourth-order valence-electron chi connectivity index (χ4n) is 3.85. The Morgan fingerprint density at radius 2 is 1.49 bits per heavy atom. The number of carboxylic acid groups (broad SMARTS) is 1. The smallest absolute Gasteiger partial charge is 0.353 e. The third-order valence-electron chi connectivity index (χ3n) is 5.47. The number of carboxylic acids is 1. The summed E-state index contributed by atoms with van der Waals surface area (Å²) in [7, 11) is 0. The van der Waals surface area contributed by atoms with E-state index >= 15 is 0 Å². The summed E-state index contributed by atoms with van der Waals surface area (Å²) in [6, 6.07) is 29.2. The molecule has 3 aromatic carbocycles. The Hall–Kier alpha value is -4.22. The first-order valence-electron chi connectivity index (χ1n) is 11.2. The minimum atomic E-state index is -0.980. The van der Waals surface area contributed by atoms with Crippen molar-refractivity contribution in [1.82, 2.24) is 0 Å². The average Bonchev–Trinajstić information content (AvgIpc) is 3.43. The Morgan fingerprint density at radius 3 is 2.06 bits per heavy atom. The molecular weight excluding hydrogens is 456 g/mol. The monoisotopic (exact) mass is 480 g/mol. The van der Waals surface area contributed by atoms with Gasteiger partial charge < -0.3 is 9.84 Å². The third kappa shape index (κ3) is 6.02. The van der Waals surface area contributed by atoms with E-state index in [4.69, 9.17) is 9.84 Å². The molecular formula is C30H24O4S. The molecule has 0 saturated heterocycles. The second-order valence-electron chi connectivity index (χ2n) is 7.76. The molecule has 0 bridgehead atoms. The van der Waals surface area contributed by atoms with E-state index in [2.05, 4.69) is 19.1 Å². The number of thiophene rings is 1. The van der Waals surface area contributed by atoms with E-state index in [9.17, 15) is 9.59 Å². The van der Waals surface area contributed by atoms with E-state index in [1.807, 2.05) is 78.2 Å². The molecule has 0 aliphatic carbocycles. The predicted octanol–water partition coefficient (Wildman–Crippen LogP) is 7.43. The van der Waals surface area contributed by atoms with Crippen LogP contribution >= 0.6 is 11.3 Å². The zero-order chi connectivity index (χ0) is 24.6. The van der Waals surface area contributed by atoms with Crippen LogP contribution in [0.5, 0.6) is 5.75 Å². The fraction of sp³-hybridized carbons (Fsp3) is 0.0667. The van der Waals surface area contributed by atoms with E-state index in [0.29, 0.717) is 10.6 Å². The van der Waals surface area contributed by atoms with Crippen molar-refractivity contribution in [3.05, 3.63) is 130 Å². The quantitative estimate of drug-likeness (QED) is 0.123. The number of hydrogen-bond acceptors (Lipinski definition) is 4. The highest BCUT2D eigenvalue weighted by molar-refractivity contribution is 7.12. The predicted molar refractivity (Wildman–Crippen MR) is 141 cm³/mol. The molecule has 0 aliphatic heterocycles. The van der Waals surface area contributed by atoms with Gasteiger partial charge in [0.1, 0.15) is 10.6 Å². The molecule has 35 heavy (non-hydrogen) atoms. The molecule has 0 aliphatic rings. The summed E-state index contributed by atoms with van der Waals surface area (Å²) in [6.07, 6.45) is 3.52. The maximum absolute atomic E-state index is 12.3. The van der Waals surface area contributed by atoms with E-state index in [1.165, 1.54) is 16.9 Å². The highest BCUT2D eigenvalue weighted by Gasteiger charge is 2.14. The van der Waals surface area contributed by atoms with Crippen LogP contribution in [0.2, 0.25) is 0 Å². The molecule has 0 fully saturated rings. The molecule has 0 radical (unpaired) electrons. The van der Waals surface area contributed by atoms with Crippen molar-refractivity contribution in [2.45, 2.75) is 13.3 Å². The van der Waals surface area contributed by atoms with Crippen LogP contribution in [0.25, 0.3) is 17.2 Å². The number of hydrogen-bond donors (Lipinski definition) is 1. The molecule has 1 N–H and O–H groups in total. The van der Waals surface area contributed by atoms with Gasteiger partial charge in [0.15, 0.2) is 0 Å². The number of allylic oxidation sites excluding steroid dienone is 1. The Morgan fingerprint density at radius 1 is 0.829 bits per heavy atom. The van der Waals surface area contributed by atoms with Crippen molar-refractivity contribution in [2.24, 2.45) is 0 Å². The number of carbonyl (C=O) groups excluding carboxylic acids is 1. The van der Waals surface area contributed by atoms with Crippen LogP contribution in [-0.2, 0) is 4.79 Å². The lowest BCUT2D eigenvalue weighted by atomic mass is 9.88. The number of rotatable bonds is 8. The van der Waals surface area contributed by atoms with Crippen LogP contribution < -0.4 is 4.74 Å². The zero-order valence-electron chi connectivity index (χ0n) is 19.2. The highest BCUT2D eigenvalue weighted by Crippen LogP contribution is 2.35. The third-order valence-corrected chi connectivity index (χ3v) is 6.32. The van der Waals surface area contributed by atoms with Gasteiger partial charge in [0, 0.05) is 6.08 Å². The van der Waals surface area contributed by atoms with Gasteiger partial charge >= 0.3 is 11.9 Å². The Balaban J connectivity index is 1.73. The van der Waals surface area contributed by atoms with Gasteiger partial charge in [-0.2, -0.15) is 0 Å². The van der Waals surface area contributed by atoms with Crippen molar-refractivity contribution in [3.8, 4) is 5.75 Å². The number of aliphatic carboxylic acids is 1. The topological polar surface area (TPSA) is 63.6 Å². The van der Waals surface area contributed by atoms with Gasteiger partial charge in [0.2, 0.25) is 0 Å². The van der Waals surface area contributed by atoms with E-state index < -0.39 is 5.97 Å². The van der Waals surface area contributed by atoms with Crippen LogP contribution in [0.15, 0.2) is 102 Å². The van der Waals surface area contributed by atoms with E-state index in [0.717, 1.165) is 40.3 Å². The summed E-state index contributed by atoms with van der Waals surface area (Å²) in [5.74, 6) is -0.864. The van der Waals surface area contributed by atoms with Gasteiger partial charge in [-0.05, 0) is 69.5 Å². The van der Waals surface area contributed by atoms with E-state index in [-0.39, 0.29) is 5.97 Å². The molecule has 0 saturated carbocycles. The molecule has 4 nitrogen and oxygen atoms in total. The SMILES string of the molecule is CC/C(=C(/c1ccc(/C=C/C(=O)O)cc1)c1ccc(OC(=O)c2cccs2)cc1)c1ccccc1. The fourth-order valence-corrected chi connectivity index (χ4v) is 4.45. The average molecular weight is 481 g/mol. The molecule has 0 amide bonds. The number of ether oxygens (including phenoxy) is 1. The summed E-state index contributed by atoms with van der Waals surface area (Å²) >= 11 is 1.35. The van der Waals surface area contributed by atoms with Gasteiger partial charge in [-0.1, -0.05) is 79.7 Å². The van der Waals surface area contributed by atoms with Gasteiger partial charge in [-0.25, -0.2) is 9.59 Å². The summed E-state index contributed by atoms with van der Waals surface area (Å²) in [6.45, 7) is 2.13. The Labute approximate surface area is 208 Å². The summed E-state index contributed by atoms with van der Waals surface area (Å²) in [4.78, 5) is 23.7. The second kappa shape index (κ2) is 11.3. The minimum absolute atomic E-state index is 0.368. The lowest BCUT2D eigenvalue weighted by Crippen LogP contribution is -2.06. The number of carbonyl (C=O) groups is 2. The Kier molecular flexibility index (Phi) is 7.70. The van der Waals surface area contributed by atoms with Gasteiger partial charge in [0.05, 0.1) is 0 Å². The standard InChI is InChI=1S/C30H24O4S/c1-2-26(22-7-4-3-5-8-22)29(23-13-10-21(11-14-23)12-19-28(31)32)24-15-17-25(18-16-24)34-30(33)27-9-6-20-35-27/h3-20H,2H2,1H3,(H,31,32)/b19-12+,29-26+. The molecule has 4 rings (SSSR count). The zero-order valence-corrected chi connectivity index (χ0v) is 20.0. The Bertz CT molecular complexity index is 1350. The summed E-state index contributed by atoms with van der Waals surface area (Å²) in [5.41, 5.74) is 6.21. The minimum Gasteiger partial charge on any atom is -0.478 e.